The van der Waals surface area contributed by atoms with Crippen LogP contribution in [0.4, 0.5) is 0 Å². The van der Waals surface area contributed by atoms with E-state index in [0.717, 1.165) is 16.7 Å². The Balaban J connectivity index is 1.57. The van der Waals surface area contributed by atoms with Gasteiger partial charge < -0.3 is 0 Å². The highest BCUT2D eigenvalue weighted by molar-refractivity contribution is 6.11. The van der Waals surface area contributed by atoms with Crippen LogP contribution in [0.15, 0.2) is 54.6 Å². The van der Waals surface area contributed by atoms with Gasteiger partial charge in [-0.2, -0.15) is 0 Å². The van der Waals surface area contributed by atoms with Crippen molar-refractivity contribution in [2.75, 3.05) is 0 Å². The molecule has 25 heavy (non-hydrogen) atoms. The largest absolute Gasteiger partial charge is 0.299 e. The summed E-state index contributed by atoms with van der Waals surface area (Å²) in [5.41, 5.74) is 2.96. The average Bonchev–Trinajstić information content (AvgIpc) is 2.89. The molecule has 1 saturated carbocycles. The Labute approximate surface area is 145 Å². The van der Waals surface area contributed by atoms with Crippen molar-refractivity contribution in [1.29, 1.82) is 0 Å². The van der Waals surface area contributed by atoms with E-state index in [9.17, 15) is 14.4 Å². The zero-order valence-corrected chi connectivity index (χ0v) is 13.6. The molecular weight excluding hydrogens is 314 g/mol. The molecule has 4 aliphatic rings. The van der Waals surface area contributed by atoms with Crippen molar-refractivity contribution in [2.45, 2.75) is 24.8 Å². The van der Waals surface area contributed by atoms with Crippen molar-refractivity contribution >= 4 is 17.6 Å². The fraction of sp³-hybridized carbons (Fsp3) is 0.286. The van der Waals surface area contributed by atoms with Gasteiger partial charge in [-0.1, -0.05) is 54.6 Å². The van der Waals surface area contributed by atoms with Crippen LogP contribution >= 0.6 is 0 Å². The van der Waals surface area contributed by atoms with Crippen LogP contribution in [0.3, 0.4) is 0 Å². The topological polar surface area (TPSA) is 54.5 Å². The van der Waals surface area contributed by atoms with Gasteiger partial charge in [-0.05, 0) is 16.7 Å². The molecule has 3 aliphatic carbocycles. The van der Waals surface area contributed by atoms with Crippen molar-refractivity contribution in [3.63, 3.8) is 0 Å². The number of rotatable bonds is 2. The van der Waals surface area contributed by atoms with Gasteiger partial charge in [-0.25, -0.2) is 0 Å². The summed E-state index contributed by atoms with van der Waals surface area (Å²) in [6.45, 7) is 0.287. The van der Waals surface area contributed by atoms with E-state index >= 15 is 0 Å². The van der Waals surface area contributed by atoms with E-state index in [1.54, 1.807) is 0 Å². The smallest absolute Gasteiger partial charge is 0.234 e. The Hall–Kier alpha value is -2.75. The van der Waals surface area contributed by atoms with E-state index < -0.39 is 11.8 Å². The first-order chi connectivity index (χ1) is 12.2. The molecule has 2 aromatic rings. The molecule has 4 nitrogen and oxygen atoms in total. The Kier molecular flexibility index (Phi) is 2.99. The molecule has 1 saturated heterocycles. The number of carbonyl (C=O) groups excluding carboxylic acids is 3. The van der Waals surface area contributed by atoms with Crippen LogP contribution in [-0.2, 0) is 20.9 Å². The molecule has 6 rings (SSSR count). The van der Waals surface area contributed by atoms with Crippen molar-refractivity contribution in [3.8, 4) is 0 Å². The first kappa shape index (κ1) is 14.6. The molecule has 0 N–H and O–H groups in total. The fourth-order valence-corrected chi connectivity index (χ4v) is 4.94. The van der Waals surface area contributed by atoms with E-state index in [1.807, 2.05) is 54.6 Å². The molecule has 124 valence electrons. The Morgan fingerprint density at radius 2 is 1.44 bits per heavy atom. The number of amides is 2. The molecule has 2 aromatic carbocycles. The van der Waals surface area contributed by atoms with Gasteiger partial charge in [0, 0.05) is 12.3 Å². The molecular formula is C21H17NO3. The number of nitrogens with zero attached hydrogens (tertiary/aromatic N) is 1. The molecule has 1 heterocycles. The lowest BCUT2D eigenvalue weighted by Gasteiger charge is -2.43. The third-order valence-corrected chi connectivity index (χ3v) is 5.96. The predicted octanol–water partition coefficient (Wildman–Crippen LogP) is 2.64. The average molecular weight is 331 g/mol. The summed E-state index contributed by atoms with van der Waals surface area (Å²) in [6, 6.07) is 17.3. The maximum absolute atomic E-state index is 13.1. The lowest BCUT2D eigenvalue weighted by atomic mass is 9.56. The standard InChI is InChI=1S/C21H17NO3/c23-16-10-15-13-8-4-5-9-14(13)17(16)19-18(15)20(24)22(21(19)25)11-12-6-2-1-3-7-12/h1-9,15,17-19H,10-11H2/t15-,17+,18+,19+/m0/s1. The summed E-state index contributed by atoms with van der Waals surface area (Å²) in [4.78, 5) is 40.1. The molecule has 0 aromatic heterocycles. The van der Waals surface area contributed by atoms with Gasteiger partial charge in [0.25, 0.3) is 0 Å². The Bertz CT molecular complexity index is 904. The highest BCUT2D eigenvalue weighted by Gasteiger charge is 2.62. The maximum Gasteiger partial charge on any atom is 0.234 e. The van der Waals surface area contributed by atoms with E-state index in [0.29, 0.717) is 6.42 Å². The third-order valence-electron chi connectivity index (χ3n) is 5.96. The van der Waals surface area contributed by atoms with Crippen molar-refractivity contribution in [1.82, 2.24) is 4.90 Å². The number of ketones is 1. The van der Waals surface area contributed by atoms with Crippen LogP contribution in [0.25, 0.3) is 0 Å². The van der Waals surface area contributed by atoms with Gasteiger partial charge in [-0.15, -0.1) is 0 Å². The second kappa shape index (κ2) is 5.12. The molecule has 0 radical (unpaired) electrons. The van der Waals surface area contributed by atoms with Crippen LogP contribution in [0.1, 0.15) is 34.9 Å². The van der Waals surface area contributed by atoms with Crippen LogP contribution in [-0.4, -0.2) is 22.5 Å². The fourth-order valence-electron chi connectivity index (χ4n) is 4.94. The molecule has 0 spiro atoms. The number of Topliss-reactive ketones (excluding diaryl/α,β-unsaturated/α-hetero) is 1. The summed E-state index contributed by atoms with van der Waals surface area (Å²) >= 11 is 0. The number of hydrogen-bond donors (Lipinski definition) is 0. The van der Waals surface area contributed by atoms with E-state index in [1.165, 1.54) is 4.90 Å². The predicted molar refractivity (Wildman–Crippen MR) is 90.5 cm³/mol. The Morgan fingerprint density at radius 3 is 2.20 bits per heavy atom. The maximum atomic E-state index is 13.1. The van der Waals surface area contributed by atoms with Crippen molar-refractivity contribution in [3.05, 3.63) is 71.3 Å². The number of hydrogen-bond acceptors (Lipinski definition) is 3. The molecule has 2 fully saturated rings. The normalized spacial score (nSPS) is 29.8. The van der Waals surface area contributed by atoms with Gasteiger partial charge in [0.15, 0.2) is 0 Å². The third kappa shape index (κ3) is 1.91. The highest BCUT2D eigenvalue weighted by atomic mass is 16.2. The van der Waals surface area contributed by atoms with Crippen LogP contribution < -0.4 is 0 Å². The van der Waals surface area contributed by atoms with Gasteiger partial charge in [-0.3, -0.25) is 19.3 Å². The molecule has 2 amide bonds. The van der Waals surface area contributed by atoms with Crippen LogP contribution in [0.2, 0.25) is 0 Å². The number of likely N-dealkylation sites (tertiary alicyclic amines) is 1. The molecule has 2 bridgehead atoms. The Morgan fingerprint density at radius 1 is 0.800 bits per heavy atom. The van der Waals surface area contributed by atoms with E-state index in [2.05, 4.69) is 0 Å². The molecule has 4 atom stereocenters. The minimum atomic E-state index is -0.516. The minimum absolute atomic E-state index is 0.104. The van der Waals surface area contributed by atoms with Crippen molar-refractivity contribution in [2.24, 2.45) is 11.8 Å². The minimum Gasteiger partial charge on any atom is -0.299 e. The zero-order valence-electron chi connectivity index (χ0n) is 13.6. The summed E-state index contributed by atoms with van der Waals surface area (Å²) < 4.78 is 0. The lowest BCUT2D eigenvalue weighted by molar-refractivity contribution is -0.141. The number of fused-ring (bicyclic) bond motifs is 1. The monoisotopic (exact) mass is 331 g/mol. The SMILES string of the molecule is O=C1C[C@H]2c3ccccc3[C@H]1[C@H]1C(=O)N(Cc3ccccc3)C(=O)[C@@H]12. The number of benzene rings is 2. The second-order valence-electron chi connectivity index (χ2n) is 7.18. The van der Waals surface area contributed by atoms with E-state index in [-0.39, 0.29) is 36.0 Å². The van der Waals surface area contributed by atoms with Gasteiger partial charge in [0.05, 0.1) is 24.3 Å². The quantitative estimate of drug-likeness (QED) is 0.795. The number of carbonyl (C=O) groups is 3. The van der Waals surface area contributed by atoms with Gasteiger partial charge in [0.1, 0.15) is 5.78 Å². The summed E-state index contributed by atoms with van der Waals surface area (Å²) in [6.07, 6.45) is 0.376. The highest BCUT2D eigenvalue weighted by Crippen LogP contribution is 2.57. The van der Waals surface area contributed by atoms with Crippen LogP contribution in [0, 0.1) is 11.8 Å². The summed E-state index contributed by atoms with van der Waals surface area (Å²) in [5.74, 6) is -1.70. The molecule has 4 heteroatoms. The first-order valence-electron chi connectivity index (χ1n) is 8.67. The zero-order chi connectivity index (χ0) is 17.1. The summed E-state index contributed by atoms with van der Waals surface area (Å²) in [5, 5.41) is 0. The number of imide groups is 1. The second-order valence-corrected chi connectivity index (χ2v) is 7.18. The molecule has 0 unspecified atom stereocenters. The summed E-state index contributed by atoms with van der Waals surface area (Å²) in [7, 11) is 0. The van der Waals surface area contributed by atoms with Crippen LogP contribution in [0.5, 0.6) is 0 Å². The first-order valence-corrected chi connectivity index (χ1v) is 8.67. The van der Waals surface area contributed by atoms with Crippen molar-refractivity contribution < 1.29 is 14.4 Å². The van der Waals surface area contributed by atoms with Gasteiger partial charge in [0.2, 0.25) is 11.8 Å². The van der Waals surface area contributed by atoms with E-state index in [4.69, 9.17) is 0 Å². The molecule has 1 aliphatic heterocycles. The van der Waals surface area contributed by atoms with Gasteiger partial charge >= 0.3 is 0 Å². The lowest BCUT2D eigenvalue weighted by Crippen LogP contribution is -2.44.